The Morgan fingerprint density at radius 1 is 0.923 bits per heavy atom. The van der Waals surface area contributed by atoms with E-state index in [2.05, 4.69) is 38.1 Å². The molecule has 0 aliphatic carbocycles. The zero-order valence-electron chi connectivity index (χ0n) is 29.3. The Kier molecular flexibility index (Phi) is 11.0. The van der Waals surface area contributed by atoms with E-state index >= 15 is 0 Å². The van der Waals surface area contributed by atoms with E-state index in [1.54, 1.807) is 16.8 Å². The van der Waals surface area contributed by atoms with Crippen molar-refractivity contribution in [3.63, 3.8) is 0 Å². The number of benzene rings is 2. The molecule has 5 heterocycles. The standard InChI is InChI=1S/C39H46F2N8O3/c40-28-9-12-32(41)30(24-28)34-6-5-20-48(34)35-17-23-49-37(45-35)31(25-43-49)38(51)42-18-3-1-2-4-19-47-21-15-27(16-22-47)26-7-10-29(11-8-26)44-33-13-14-36(50)46-39(33)52/h7-12,17,23-25,27,33-34,44H,1-6,13-16,18-22H2,(H,42,51)(H,46,50,52). The summed E-state index contributed by atoms with van der Waals surface area (Å²) in [6.45, 7) is 4.45. The number of nitrogens with one attached hydrogen (secondary N) is 3. The number of hydrogen-bond donors (Lipinski definition) is 3. The molecule has 4 aromatic rings. The van der Waals surface area contributed by atoms with Crippen molar-refractivity contribution in [2.24, 2.45) is 0 Å². The molecular weight excluding hydrogens is 666 g/mol. The van der Waals surface area contributed by atoms with Crippen molar-refractivity contribution in [1.82, 2.24) is 30.1 Å². The van der Waals surface area contributed by atoms with Crippen LogP contribution in [0.5, 0.6) is 0 Å². The zero-order chi connectivity index (χ0) is 36.0. The lowest BCUT2D eigenvalue weighted by molar-refractivity contribution is -0.133. The van der Waals surface area contributed by atoms with Crippen LogP contribution in [0.2, 0.25) is 0 Å². The van der Waals surface area contributed by atoms with E-state index in [4.69, 9.17) is 4.98 Å². The van der Waals surface area contributed by atoms with Crippen LogP contribution in [0.3, 0.4) is 0 Å². The molecule has 52 heavy (non-hydrogen) atoms. The van der Waals surface area contributed by atoms with Gasteiger partial charge in [0.2, 0.25) is 11.8 Å². The number of carbonyl (C=O) groups is 3. The van der Waals surface area contributed by atoms with Crippen LogP contribution in [-0.2, 0) is 9.59 Å². The fourth-order valence-electron chi connectivity index (χ4n) is 7.80. The Bertz CT molecular complexity index is 1890. The molecule has 2 unspecified atom stereocenters. The number of unbranched alkanes of at least 4 members (excludes halogenated alkanes) is 3. The van der Waals surface area contributed by atoms with Crippen molar-refractivity contribution < 1.29 is 23.2 Å². The van der Waals surface area contributed by atoms with Crippen molar-refractivity contribution >= 4 is 34.9 Å². The number of piperidine rings is 2. The first-order valence-corrected chi connectivity index (χ1v) is 18.6. The van der Waals surface area contributed by atoms with Gasteiger partial charge in [0.05, 0.1) is 12.2 Å². The first-order valence-electron chi connectivity index (χ1n) is 18.6. The lowest BCUT2D eigenvalue weighted by Gasteiger charge is -2.32. The molecule has 0 saturated carbocycles. The average Bonchev–Trinajstić information content (AvgIpc) is 3.82. The minimum Gasteiger partial charge on any atom is -0.374 e. The maximum atomic E-state index is 14.6. The maximum Gasteiger partial charge on any atom is 0.256 e. The van der Waals surface area contributed by atoms with Crippen LogP contribution >= 0.6 is 0 Å². The van der Waals surface area contributed by atoms with Gasteiger partial charge in [-0.2, -0.15) is 5.10 Å². The second-order valence-electron chi connectivity index (χ2n) is 14.2. The van der Waals surface area contributed by atoms with Crippen molar-refractivity contribution in [3.05, 3.63) is 89.2 Å². The van der Waals surface area contributed by atoms with Gasteiger partial charge in [0.25, 0.3) is 5.91 Å². The van der Waals surface area contributed by atoms with E-state index in [9.17, 15) is 23.2 Å². The van der Waals surface area contributed by atoms with Crippen molar-refractivity contribution in [1.29, 1.82) is 0 Å². The molecule has 3 fully saturated rings. The Morgan fingerprint density at radius 2 is 1.73 bits per heavy atom. The lowest BCUT2D eigenvalue weighted by atomic mass is 9.89. The predicted molar refractivity (Wildman–Crippen MR) is 194 cm³/mol. The van der Waals surface area contributed by atoms with E-state index in [1.165, 1.54) is 17.8 Å². The summed E-state index contributed by atoms with van der Waals surface area (Å²) in [5, 5.41) is 13.0. The molecule has 11 nitrogen and oxygen atoms in total. The number of amides is 3. The number of rotatable bonds is 13. The number of likely N-dealkylation sites (tertiary alicyclic amines) is 1. The van der Waals surface area contributed by atoms with Gasteiger partial charge in [0.15, 0.2) is 5.65 Å². The Hall–Kier alpha value is -4.91. The van der Waals surface area contributed by atoms with Crippen molar-refractivity contribution in [2.75, 3.05) is 42.9 Å². The number of halogens is 2. The highest BCUT2D eigenvalue weighted by Crippen LogP contribution is 2.37. The second-order valence-corrected chi connectivity index (χ2v) is 14.2. The molecule has 7 rings (SSSR count). The molecule has 0 spiro atoms. The van der Waals surface area contributed by atoms with Crippen molar-refractivity contribution in [3.8, 4) is 0 Å². The van der Waals surface area contributed by atoms with Gasteiger partial charge in [0, 0.05) is 37.0 Å². The summed E-state index contributed by atoms with van der Waals surface area (Å²) in [6.07, 6.45) is 12.0. The maximum absolute atomic E-state index is 14.6. The third-order valence-electron chi connectivity index (χ3n) is 10.7. The van der Waals surface area contributed by atoms with Gasteiger partial charge in [-0.25, -0.2) is 18.3 Å². The number of nitrogens with zero attached hydrogens (tertiary/aromatic N) is 5. The first-order chi connectivity index (χ1) is 25.3. The molecule has 3 aliphatic rings. The number of fused-ring (bicyclic) bond motifs is 1. The van der Waals surface area contributed by atoms with Gasteiger partial charge >= 0.3 is 0 Å². The summed E-state index contributed by atoms with van der Waals surface area (Å²) in [7, 11) is 0. The molecule has 2 atom stereocenters. The fourth-order valence-corrected chi connectivity index (χ4v) is 7.80. The smallest absolute Gasteiger partial charge is 0.256 e. The normalized spacial score (nSPS) is 20.0. The molecule has 3 amide bonds. The van der Waals surface area contributed by atoms with Gasteiger partial charge in [-0.05, 0) is 112 Å². The highest BCUT2D eigenvalue weighted by Gasteiger charge is 2.31. The van der Waals surface area contributed by atoms with Gasteiger partial charge in [0.1, 0.15) is 29.1 Å². The number of carbonyl (C=O) groups excluding carboxylic acids is 3. The average molecular weight is 713 g/mol. The van der Waals surface area contributed by atoms with E-state index in [0.29, 0.717) is 60.9 Å². The molecule has 274 valence electrons. The minimum absolute atomic E-state index is 0.209. The van der Waals surface area contributed by atoms with Crippen LogP contribution < -0.4 is 20.9 Å². The van der Waals surface area contributed by atoms with Gasteiger partial charge < -0.3 is 20.4 Å². The molecule has 3 aliphatic heterocycles. The number of imide groups is 1. The Balaban J connectivity index is 0.806. The highest BCUT2D eigenvalue weighted by molar-refractivity contribution is 6.01. The van der Waals surface area contributed by atoms with Crippen LogP contribution in [-0.4, -0.2) is 76.0 Å². The van der Waals surface area contributed by atoms with E-state index in [1.807, 2.05) is 17.0 Å². The second kappa shape index (κ2) is 16.2. The van der Waals surface area contributed by atoms with Crippen LogP contribution in [0.25, 0.3) is 5.65 Å². The lowest BCUT2D eigenvalue weighted by Crippen LogP contribution is -2.47. The molecule has 3 saturated heterocycles. The quantitative estimate of drug-likeness (QED) is 0.119. The highest BCUT2D eigenvalue weighted by atomic mass is 19.1. The summed E-state index contributed by atoms with van der Waals surface area (Å²) in [5.74, 6) is -0.467. The van der Waals surface area contributed by atoms with Gasteiger partial charge in [-0.1, -0.05) is 25.0 Å². The third kappa shape index (κ3) is 8.25. The summed E-state index contributed by atoms with van der Waals surface area (Å²) < 4.78 is 30.2. The summed E-state index contributed by atoms with van der Waals surface area (Å²) in [6, 6.07) is 13.0. The molecule has 3 N–H and O–H groups in total. The molecule has 0 radical (unpaired) electrons. The first kappa shape index (κ1) is 35.5. The predicted octanol–water partition coefficient (Wildman–Crippen LogP) is 5.74. The number of hydrogen-bond acceptors (Lipinski definition) is 8. The molecule has 13 heteroatoms. The third-order valence-corrected chi connectivity index (χ3v) is 10.7. The molecule has 0 bridgehead atoms. The summed E-state index contributed by atoms with van der Waals surface area (Å²) in [5.41, 5.74) is 3.36. The van der Waals surface area contributed by atoms with Crippen LogP contribution in [0.15, 0.2) is 60.9 Å². The molecular formula is C39H46F2N8O3. The zero-order valence-corrected chi connectivity index (χ0v) is 29.3. The minimum atomic E-state index is -0.470. The van der Waals surface area contributed by atoms with E-state index in [0.717, 1.165) is 82.4 Å². The fraction of sp³-hybridized carbons (Fsp3) is 0.462. The molecule has 2 aromatic carbocycles. The van der Waals surface area contributed by atoms with Crippen LogP contribution in [0.4, 0.5) is 20.3 Å². The largest absolute Gasteiger partial charge is 0.374 e. The molecule has 2 aromatic heterocycles. The SMILES string of the molecule is O=C1CCC(Nc2ccc(C3CCN(CCCCCCNC(=O)c4cnn5ccc(N6CCCC6c6cc(F)ccc6F)nc45)CC3)cc2)C(=O)N1. The Labute approximate surface area is 302 Å². The van der Waals surface area contributed by atoms with Crippen molar-refractivity contribution in [2.45, 2.75) is 82.2 Å². The Morgan fingerprint density at radius 3 is 2.54 bits per heavy atom. The summed E-state index contributed by atoms with van der Waals surface area (Å²) >= 11 is 0. The van der Waals surface area contributed by atoms with Crippen LogP contribution in [0, 0.1) is 11.6 Å². The van der Waals surface area contributed by atoms with Gasteiger partial charge in [-0.3, -0.25) is 19.7 Å². The topological polar surface area (TPSA) is 124 Å². The van der Waals surface area contributed by atoms with Gasteiger partial charge in [-0.15, -0.1) is 0 Å². The summed E-state index contributed by atoms with van der Waals surface area (Å²) in [4.78, 5) is 45.8. The van der Waals surface area contributed by atoms with E-state index < -0.39 is 11.6 Å². The number of aromatic nitrogens is 3. The number of anilines is 2. The monoisotopic (exact) mass is 712 g/mol. The van der Waals surface area contributed by atoms with Crippen LogP contribution in [0.1, 0.15) is 97.7 Å². The van der Waals surface area contributed by atoms with E-state index in [-0.39, 0.29) is 29.8 Å².